The van der Waals surface area contributed by atoms with E-state index >= 15 is 0 Å². The van der Waals surface area contributed by atoms with Gasteiger partial charge < -0.3 is 4.74 Å². The first-order valence-electron chi connectivity index (χ1n) is 4.20. The summed E-state index contributed by atoms with van der Waals surface area (Å²) in [6.07, 6.45) is 0. The Kier molecular flexibility index (Phi) is 3.65. The van der Waals surface area contributed by atoms with Gasteiger partial charge in [-0.1, -0.05) is 5.11 Å². The molecule has 0 atom stereocenters. The number of rotatable bonds is 3. The predicted molar refractivity (Wildman–Crippen MR) is 51.2 cm³/mol. The number of hydrogen-bond acceptors (Lipinski definition) is 3. The van der Waals surface area contributed by atoms with E-state index in [0.29, 0.717) is 0 Å². The Morgan fingerprint density at radius 1 is 1.67 bits per heavy atom. The van der Waals surface area contributed by atoms with Crippen molar-refractivity contribution in [2.45, 2.75) is 6.92 Å². The van der Waals surface area contributed by atoms with Crippen LogP contribution < -0.4 is 0 Å². The van der Waals surface area contributed by atoms with Crippen molar-refractivity contribution in [3.05, 3.63) is 40.0 Å². The van der Waals surface area contributed by atoms with E-state index in [0.717, 1.165) is 12.1 Å². The molecular formula is C9H8FN3O2. The summed E-state index contributed by atoms with van der Waals surface area (Å²) in [5.74, 6) is -1.26. The quantitative estimate of drug-likeness (QED) is 0.332. The number of nitrogens with zero attached hydrogens (tertiary/aromatic N) is 3. The van der Waals surface area contributed by atoms with Gasteiger partial charge >= 0.3 is 5.97 Å². The van der Waals surface area contributed by atoms with Crippen molar-refractivity contribution in [3.63, 3.8) is 0 Å². The number of esters is 1. The lowest BCUT2D eigenvalue weighted by Gasteiger charge is -2.02. The maximum atomic E-state index is 13.0. The Labute approximate surface area is 85.1 Å². The molecule has 0 spiro atoms. The Balaban J connectivity index is 3.07. The molecule has 78 valence electrons. The van der Waals surface area contributed by atoms with Gasteiger partial charge in [0.2, 0.25) is 0 Å². The van der Waals surface area contributed by atoms with Gasteiger partial charge in [-0.05, 0) is 30.7 Å². The maximum Gasteiger partial charge on any atom is 0.338 e. The zero-order valence-electron chi connectivity index (χ0n) is 7.98. The van der Waals surface area contributed by atoms with Crippen LogP contribution in [0.1, 0.15) is 17.3 Å². The van der Waals surface area contributed by atoms with E-state index in [-0.39, 0.29) is 17.9 Å². The number of carbonyl (C=O) groups is 1. The minimum Gasteiger partial charge on any atom is -0.462 e. The number of carbonyl (C=O) groups excluding carboxylic acids is 1. The molecule has 0 aromatic heterocycles. The monoisotopic (exact) mass is 209 g/mol. The second-order valence-electron chi connectivity index (χ2n) is 2.58. The van der Waals surface area contributed by atoms with Crippen LogP contribution in [0.3, 0.4) is 0 Å². The standard InChI is InChI=1S/C9H8FN3O2/c1-2-15-9(14)6-3-4-7(10)8(5-6)12-13-11/h3-5H,2H2,1H3. The van der Waals surface area contributed by atoms with Crippen molar-refractivity contribution < 1.29 is 13.9 Å². The van der Waals surface area contributed by atoms with E-state index in [1.54, 1.807) is 6.92 Å². The van der Waals surface area contributed by atoms with Gasteiger partial charge in [-0.3, -0.25) is 0 Å². The predicted octanol–water partition coefficient (Wildman–Crippen LogP) is 2.94. The fourth-order valence-corrected chi connectivity index (χ4v) is 0.979. The molecule has 0 aliphatic rings. The first-order chi connectivity index (χ1) is 7.19. The maximum absolute atomic E-state index is 13.0. The van der Waals surface area contributed by atoms with E-state index in [9.17, 15) is 9.18 Å². The number of hydrogen-bond donors (Lipinski definition) is 0. The van der Waals surface area contributed by atoms with Gasteiger partial charge in [0.15, 0.2) is 0 Å². The highest BCUT2D eigenvalue weighted by molar-refractivity contribution is 5.90. The molecule has 0 N–H and O–H groups in total. The highest BCUT2D eigenvalue weighted by Crippen LogP contribution is 2.20. The Morgan fingerprint density at radius 2 is 2.40 bits per heavy atom. The summed E-state index contributed by atoms with van der Waals surface area (Å²) in [5.41, 5.74) is 8.09. The van der Waals surface area contributed by atoms with Crippen LogP contribution in [0.15, 0.2) is 23.3 Å². The second kappa shape index (κ2) is 4.97. The lowest BCUT2D eigenvalue weighted by molar-refractivity contribution is 0.0526. The van der Waals surface area contributed by atoms with Gasteiger partial charge in [0.05, 0.1) is 17.9 Å². The van der Waals surface area contributed by atoms with Crippen LogP contribution in [0.25, 0.3) is 10.4 Å². The van der Waals surface area contributed by atoms with Crippen molar-refractivity contribution in [3.8, 4) is 0 Å². The average Bonchev–Trinajstić information content (AvgIpc) is 2.22. The van der Waals surface area contributed by atoms with E-state index in [1.165, 1.54) is 6.07 Å². The molecule has 0 bridgehead atoms. The zero-order chi connectivity index (χ0) is 11.3. The molecule has 0 saturated heterocycles. The van der Waals surface area contributed by atoms with Crippen molar-refractivity contribution in [2.24, 2.45) is 5.11 Å². The van der Waals surface area contributed by atoms with Gasteiger partial charge in [0, 0.05) is 4.91 Å². The lowest BCUT2D eigenvalue weighted by atomic mass is 10.2. The van der Waals surface area contributed by atoms with Gasteiger partial charge in [-0.25, -0.2) is 9.18 Å². The molecule has 0 amide bonds. The van der Waals surface area contributed by atoms with Crippen molar-refractivity contribution in [1.29, 1.82) is 0 Å². The Hall–Kier alpha value is -2.07. The molecule has 0 saturated carbocycles. The van der Waals surface area contributed by atoms with Gasteiger partial charge in [-0.2, -0.15) is 0 Å². The molecular weight excluding hydrogens is 201 g/mol. The van der Waals surface area contributed by atoms with Crippen molar-refractivity contribution in [1.82, 2.24) is 0 Å². The third-order valence-corrected chi connectivity index (χ3v) is 1.61. The topological polar surface area (TPSA) is 75.1 Å². The van der Waals surface area contributed by atoms with E-state index in [4.69, 9.17) is 10.3 Å². The van der Waals surface area contributed by atoms with Crippen LogP contribution in [0.5, 0.6) is 0 Å². The summed E-state index contributed by atoms with van der Waals surface area (Å²) < 4.78 is 17.7. The average molecular weight is 209 g/mol. The fraction of sp³-hybridized carbons (Fsp3) is 0.222. The molecule has 1 aromatic carbocycles. The summed E-state index contributed by atoms with van der Waals surface area (Å²) in [6.45, 7) is 1.89. The molecule has 0 heterocycles. The smallest absolute Gasteiger partial charge is 0.338 e. The summed E-state index contributed by atoms with van der Waals surface area (Å²) >= 11 is 0. The molecule has 1 aromatic rings. The molecule has 6 heteroatoms. The zero-order valence-corrected chi connectivity index (χ0v) is 7.98. The van der Waals surface area contributed by atoms with E-state index < -0.39 is 11.8 Å². The molecule has 0 fully saturated rings. The molecule has 0 radical (unpaired) electrons. The first-order valence-corrected chi connectivity index (χ1v) is 4.20. The summed E-state index contributed by atoms with van der Waals surface area (Å²) in [5, 5.41) is 3.11. The second-order valence-corrected chi connectivity index (χ2v) is 2.58. The van der Waals surface area contributed by atoms with Crippen molar-refractivity contribution in [2.75, 3.05) is 6.61 Å². The van der Waals surface area contributed by atoms with Crippen molar-refractivity contribution >= 4 is 11.7 Å². The summed E-state index contributed by atoms with van der Waals surface area (Å²) in [7, 11) is 0. The fourth-order valence-electron chi connectivity index (χ4n) is 0.979. The number of halogens is 1. The van der Waals surface area contributed by atoms with Crippen LogP contribution in [0.2, 0.25) is 0 Å². The van der Waals surface area contributed by atoms with Crippen LogP contribution in [0.4, 0.5) is 10.1 Å². The Bertz CT molecular complexity index is 427. The Morgan fingerprint density at radius 3 is 3.00 bits per heavy atom. The molecule has 15 heavy (non-hydrogen) atoms. The molecule has 5 nitrogen and oxygen atoms in total. The summed E-state index contributed by atoms with van der Waals surface area (Å²) in [4.78, 5) is 13.7. The molecule has 0 aliphatic heterocycles. The van der Waals surface area contributed by atoms with E-state index in [2.05, 4.69) is 10.0 Å². The minimum atomic E-state index is -0.680. The lowest BCUT2D eigenvalue weighted by Crippen LogP contribution is -2.04. The van der Waals surface area contributed by atoms with Gasteiger partial charge in [-0.15, -0.1) is 0 Å². The number of azide groups is 1. The van der Waals surface area contributed by atoms with Crippen LogP contribution in [-0.2, 0) is 4.74 Å². The molecule has 0 unspecified atom stereocenters. The van der Waals surface area contributed by atoms with E-state index in [1.807, 2.05) is 0 Å². The van der Waals surface area contributed by atoms with Crippen LogP contribution in [-0.4, -0.2) is 12.6 Å². The van der Waals surface area contributed by atoms with Gasteiger partial charge in [0.25, 0.3) is 0 Å². The third-order valence-electron chi connectivity index (χ3n) is 1.61. The molecule has 0 aliphatic carbocycles. The first kappa shape index (κ1) is 11.0. The minimum absolute atomic E-state index is 0.153. The van der Waals surface area contributed by atoms with Crippen LogP contribution >= 0.6 is 0 Å². The summed E-state index contributed by atoms with van der Waals surface area (Å²) in [6, 6.07) is 3.47. The highest BCUT2D eigenvalue weighted by atomic mass is 19.1. The van der Waals surface area contributed by atoms with Gasteiger partial charge in [0.1, 0.15) is 5.82 Å². The highest BCUT2D eigenvalue weighted by Gasteiger charge is 2.09. The number of ether oxygens (including phenoxy) is 1. The number of benzene rings is 1. The molecule has 1 rings (SSSR count). The third kappa shape index (κ3) is 2.69. The largest absolute Gasteiger partial charge is 0.462 e. The SMILES string of the molecule is CCOC(=O)c1ccc(F)c(N=[N+]=[N-])c1. The van der Waals surface area contributed by atoms with Crippen LogP contribution in [0, 0.1) is 5.82 Å². The normalized spacial score (nSPS) is 9.20.